The van der Waals surface area contributed by atoms with E-state index in [-0.39, 0.29) is 22.9 Å². The van der Waals surface area contributed by atoms with Gasteiger partial charge in [-0.2, -0.15) is 0 Å². The van der Waals surface area contributed by atoms with Crippen LogP contribution < -0.4 is 15.1 Å². The van der Waals surface area contributed by atoms with Crippen LogP contribution >= 0.6 is 0 Å². The molecule has 3 aromatic rings. The summed E-state index contributed by atoms with van der Waals surface area (Å²) in [6.07, 6.45) is 2.67. The van der Waals surface area contributed by atoms with Gasteiger partial charge in [0.25, 0.3) is 5.91 Å². The molecule has 1 fully saturated rings. The molecule has 1 atom stereocenters. The monoisotopic (exact) mass is 403 g/mol. The highest BCUT2D eigenvalue weighted by Gasteiger charge is 2.28. The van der Waals surface area contributed by atoms with Crippen LogP contribution in [-0.2, 0) is 6.42 Å². The zero-order chi connectivity index (χ0) is 20.8. The largest absolute Gasteiger partial charge is 0.495 e. The second-order valence-electron chi connectivity index (χ2n) is 8.10. The van der Waals surface area contributed by atoms with Gasteiger partial charge in [0.1, 0.15) is 11.3 Å². The van der Waals surface area contributed by atoms with Crippen LogP contribution in [0.5, 0.6) is 5.75 Å². The van der Waals surface area contributed by atoms with Gasteiger partial charge in [0.05, 0.1) is 18.3 Å². The molecule has 5 rings (SSSR count). The fourth-order valence-electron chi connectivity index (χ4n) is 4.78. The number of benzene rings is 2. The van der Waals surface area contributed by atoms with Crippen LogP contribution in [0.2, 0.25) is 0 Å². The number of anilines is 1. The molecule has 0 spiro atoms. The van der Waals surface area contributed by atoms with Crippen LogP contribution in [0.4, 0.5) is 5.69 Å². The Morgan fingerprint density at radius 3 is 2.57 bits per heavy atom. The van der Waals surface area contributed by atoms with Gasteiger partial charge in [-0.25, -0.2) is 0 Å². The number of pyridine rings is 1. The van der Waals surface area contributed by atoms with E-state index in [0.717, 1.165) is 23.4 Å². The number of ether oxygens (including phenoxy) is 1. The first kappa shape index (κ1) is 18.7. The van der Waals surface area contributed by atoms with Gasteiger partial charge in [-0.15, -0.1) is 0 Å². The predicted octanol–water partition coefficient (Wildman–Crippen LogP) is 3.09. The standard InChI is InChI=1S/C24H25N3O3/c1-16-14-17-6-5-7-18-22(17)27(16)15-19(23(18)28)24(29)26-12-10-25(11-13-26)20-8-3-4-9-21(20)30-2/h3-9,15-16H,10-14H2,1-2H3/t16-/m0/s1. The third-order valence-electron chi connectivity index (χ3n) is 6.35. The molecule has 0 saturated carbocycles. The summed E-state index contributed by atoms with van der Waals surface area (Å²) in [4.78, 5) is 30.4. The highest BCUT2D eigenvalue weighted by Crippen LogP contribution is 2.31. The molecule has 6 nitrogen and oxygen atoms in total. The molecule has 154 valence electrons. The maximum Gasteiger partial charge on any atom is 0.259 e. The Morgan fingerprint density at radius 1 is 1.03 bits per heavy atom. The molecular weight excluding hydrogens is 378 g/mol. The number of aromatic nitrogens is 1. The Balaban J connectivity index is 1.41. The minimum atomic E-state index is -0.171. The number of hydrogen-bond acceptors (Lipinski definition) is 4. The minimum absolute atomic E-state index is 0.158. The van der Waals surface area contributed by atoms with Crippen LogP contribution in [0, 0.1) is 0 Å². The fourth-order valence-corrected chi connectivity index (χ4v) is 4.78. The van der Waals surface area contributed by atoms with Crippen molar-refractivity contribution in [3.63, 3.8) is 0 Å². The summed E-state index contributed by atoms with van der Waals surface area (Å²) in [5.74, 6) is 0.660. The van der Waals surface area contributed by atoms with Crippen molar-refractivity contribution >= 4 is 22.5 Å². The highest BCUT2D eigenvalue weighted by molar-refractivity contribution is 5.98. The molecule has 1 saturated heterocycles. The number of carbonyl (C=O) groups excluding carboxylic acids is 1. The molecule has 0 aliphatic carbocycles. The summed E-state index contributed by atoms with van der Waals surface area (Å²) in [7, 11) is 1.67. The van der Waals surface area contributed by atoms with Gasteiger partial charge in [-0.1, -0.05) is 24.3 Å². The van der Waals surface area contributed by atoms with E-state index in [2.05, 4.69) is 22.5 Å². The zero-order valence-corrected chi connectivity index (χ0v) is 17.3. The van der Waals surface area contributed by atoms with Crippen molar-refractivity contribution < 1.29 is 9.53 Å². The number of amides is 1. The molecule has 0 N–H and O–H groups in total. The number of nitrogens with zero attached hydrogens (tertiary/aromatic N) is 3. The Labute approximate surface area is 175 Å². The summed E-state index contributed by atoms with van der Waals surface area (Å²) >= 11 is 0. The van der Waals surface area contributed by atoms with Crippen molar-refractivity contribution in [3.05, 3.63) is 70.0 Å². The van der Waals surface area contributed by atoms with E-state index >= 15 is 0 Å². The van der Waals surface area contributed by atoms with Gasteiger partial charge in [-0.3, -0.25) is 9.59 Å². The highest BCUT2D eigenvalue weighted by atomic mass is 16.5. The smallest absolute Gasteiger partial charge is 0.259 e. The lowest BCUT2D eigenvalue weighted by Gasteiger charge is -2.36. The molecule has 1 aromatic heterocycles. The number of carbonyl (C=O) groups is 1. The van der Waals surface area contributed by atoms with Gasteiger partial charge >= 0.3 is 0 Å². The van der Waals surface area contributed by atoms with Crippen LogP contribution in [0.15, 0.2) is 53.5 Å². The Kier molecular flexibility index (Phi) is 4.50. The van der Waals surface area contributed by atoms with Crippen molar-refractivity contribution in [1.29, 1.82) is 0 Å². The van der Waals surface area contributed by atoms with Gasteiger partial charge in [0.2, 0.25) is 5.43 Å². The fraction of sp³-hybridized carbons (Fsp3) is 0.333. The van der Waals surface area contributed by atoms with Crippen molar-refractivity contribution in [2.75, 3.05) is 38.2 Å². The Morgan fingerprint density at radius 2 is 1.80 bits per heavy atom. The quantitative estimate of drug-likeness (QED) is 0.674. The average Bonchev–Trinajstić information content (AvgIpc) is 3.11. The van der Waals surface area contributed by atoms with E-state index < -0.39 is 0 Å². The first-order valence-corrected chi connectivity index (χ1v) is 10.4. The maximum absolute atomic E-state index is 13.3. The molecule has 30 heavy (non-hydrogen) atoms. The van der Waals surface area contributed by atoms with E-state index in [1.807, 2.05) is 36.4 Å². The summed E-state index contributed by atoms with van der Waals surface area (Å²) < 4.78 is 7.57. The summed E-state index contributed by atoms with van der Waals surface area (Å²) in [5.41, 5.74) is 3.31. The topological polar surface area (TPSA) is 54.8 Å². The lowest BCUT2D eigenvalue weighted by Crippen LogP contribution is -2.49. The first-order valence-electron chi connectivity index (χ1n) is 10.4. The average molecular weight is 403 g/mol. The van der Waals surface area contributed by atoms with Crippen molar-refractivity contribution in [2.45, 2.75) is 19.4 Å². The van der Waals surface area contributed by atoms with E-state index in [4.69, 9.17) is 4.74 Å². The van der Waals surface area contributed by atoms with Crippen LogP contribution in [0.25, 0.3) is 10.9 Å². The number of hydrogen-bond donors (Lipinski definition) is 0. The molecule has 0 bridgehead atoms. The summed E-state index contributed by atoms with van der Waals surface area (Å²) in [6.45, 7) is 4.68. The SMILES string of the molecule is COc1ccccc1N1CCN(C(=O)c2cn3c4c(cccc4c2=O)C[C@@H]3C)CC1. The van der Waals surface area contributed by atoms with Crippen molar-refractivity contribution in [3.8, 4) is 5.75 Å². The second kappa shape index (κ2) is 7.20. The second-order valence-corrected chi connectivity index (χ2v) is 8.10. The lowest BCUT2D eigenvalue weighted by molar-refractivity contribution is 0.0744. The molecule has 2 aliphatic rings. The third-order valence-corrected chi connectivity index (χ3v) is 6.35. The molecular formula is C24H25N3O3. The zero-order valence-electron chi connectivity index (χ0n) is 17.3. The normalized spacial score (nSPS) is 18.1. The van der Waals surface area contributed by atoms with Gasteiger partial charge in [0, 0.05) is 43.8 Å². The first-order chi connectivity index (χ1) is 14.6. The third kappa shape index (κ3) is 2.86. The summed E-state index contributed by atoms with van der Waals surface area (Å²) in [5, 5.41) is 0.648. The maximum atomic E-state index is 13.3. The van der Waals surface area contributed by atoms with E-state index in [1.54, 1.807) is 18.2 Å². The van der Waals surface area contributed by atoms with Gasteiger partial charge in [0.15, 0.2) is 0 Å². The number of para-hydroxylation sites is 3. The summed E-state index contributed by atoms with van der Waals surface area (Å²) in [6, 6.07) is 14.0. The van der Waals surface area contributed by atoms with Crippen LogP contribution in [0.3, 0.4) is 0 Å². The molecule has 6 heteroatoms. The van der Waals surface area contributed by atoms with Gasteiger partial charge < -0.3 is 19.1 Å². The molecule has 0 unspecified atom stereocenters. The van der Waals surface area contributed by atoms with E-state index in [1.165, 1.54) is 5.56 Å². The number of piperazine rings is 1. The van der Waals surface area contributed by atoms with Crippen LogP contribution in [0.1, 0.15) is 28.9 Å². The minimum Gasteiger partial charge on any atom is -0.495 e. The molecule has 2 aromatic carbocycles. The molecule has 3 heterocycles. The molecule has 0 radical (unpaired) electrons. The number of methoxy groups -OCH3 is 1. The van der Waals surface area contributed by atoms with Crippen LogP contribution in [-0.4, -0.2) is 48.7 Å². The number of rotatable bonds is 3. The molecule has 2 aliphatic heterocycles. The molecule has 1 amide bonds. The van der Waals surface area contributed by atoms with Crippen molar-refractivity contribution in [1.82, 2.24) is 9.47 Å². The Bertz CT molecular complexity index is 1190. The van der Waals surface area contributed by atoms with E-state index in [9.17, 15) is 9.59 Å². The van der Waals surface area contributed by atoms with Gasteiger partial charge in [-0.05, 0) is 37.1 Å². The van der Waals surface area contributed by atoms with E-state index in [0.29, 0.717) is 31.6 Å². The Hall–Kier alpha value is -3.28. The van der Waals surface area contributed by atoms with Crippen molar-refractivity contribution in [2.24, 2.45) is 0 Å². The lowest BCUT2D eigenvalue weighted by atomic mass is 10.1. The predicted molar refractivity (Wildman–Crippen MR) is 118 cm³/mol.